The fourth-order valence-corrected chi connectivity index (χ4v) is 2.65. The van der Waals surface area contributed by atoms with Gasteiger partial charge >= 0.3 is 0 Å². The zero-order valence-electron chi connectivity index (χ0n) is 12.1. The topological polar surface area (TPSA) is 12.0 Å². The normalized spacial score (nSPS) is 12.4. The molecule has 1 nitrogen and oxygen atoms in total. The first-order valence-corrected chi connectivity index (χ1v) is 7.73. The predicted molar refractivity (Wildman–Crippen MR) is 87.7 cm³/mol. The van der Waals surface area contributed by atoms with Gasteiger partial charge in [0, 0.05) is 5.02 Å². The lowest BCUT2D eigenvalue weighted by atomic mass is 9.97. The highest BCUT2D eigenvalue weighted by molar-refractivity contribution is 6.32. The van der Waals surface area contributed by atoms with Crippen LogP contribution in [0.5, 0.6) is 0 Å². The van der Waals surface area contributed by atoms with Crippen LogP contribution in [-0.2, 0) is 0 Å². The molecule has 0 saturated heterocycles. The van der Waals surface area contributed by atoms with Crippen molar-refractivity contribution in [2.75, 3.05) is 6.54 Å². The van der Waals surface area contributed by atoms with Gasteiger partial charge in [-0.1, -0.05) is 54.4 Å². The number of hydrogen-bond donors (Lipinski definition) is 1. The molecule has 2 aromatic carbocycles. The fraction of sp³-hybridized carbons (Fsp3) is 0.294. The van der Waals surface area contributed by atoms with E-state index >= 15 is 0 Å². The van der Waals surface area contributed by atoms with E-state index in [9.17, 15) is 4.39 Å². The van der Waals surface area contributed by atoms with E-state index < -0.39 is 5.82 Å². The molecule has 0 amide bonds. The third-order valence-electron chi connectivity index (χ3n) is 3.42. The highest BCUT2D eigenvalue weighted by Crippen LogP contribution is 2.32. The lowest BCUT2D eigenvalue weighted by molar-refractivity contribution is 0.586. The van der Waals surface area contributed by atoms with Crippen molar-refractivity contribution in [2.45, 2.75) is 26.3 Å². The molecule has 0 aromatic heterocycles. The highest BCUT2D eigenvalue weighted by atomic mass is 35.5. The summed E-state index contributed by atoms with van der Waals surface area (Å²) in [6, 6.07) is 10.6. The maximum Gasteiger partial charge on any atom is 0.142 e. The van der Waals surface area contributed by atoms with Gasteiger partial charge in [-0.05, 0) is 48.7 Å². The smallest absolute Gasteiger partial charge is 0.142 e. The quantitative estimate of drug-likeness (QED) is 0.762. The summed E-state index contributed by atoms with van der Waals surface area (Å²) < 4.78 is 13.7. The first-order chi connectivity index (χ1) is 10.0. The van der Waals surface area contributed by atoms with Gasteiger partial charge in [0.05, 0.1) is 11.1 Å². The fourth-order valence-electron chi connectivity index (χ4n) is 2.23. The summed E-state index contributed by atoms with van der Waals surface area (Å²) in [6.45, 7) is 4.85. The molecule has 2 aromatic rings. The second kappa shape index (κ2) is 7.26. The Labute approximate surface area is 135 Å². The molecule has 0 aliphatic carbocycles. The number of halogens is 3. The van der Waals surface area contributed by atoms with Crippen LogP contribution in [-0.4, -0.2) is 6.54 Å². The van der Waals surface area contributed by atoms with Gasteiger partial charge in [-0.25, -0.2) is 4.39 Å². The van der Waals surface area contributed by atoms with Crippen molar-refractivity contribution in [3.63, 3.8) is 0 Å². The second-order valence-corrected chi connectivity index (χ2v) is 5.82. The second-order valence-electron chi connectivity index (χ2n) is 5.04. The van der Waals surface area contributed by atoms with Crippen LogP contribution in [0.3, 0.4) is 0 Å². The SMILES string of the molecule is CCCNC(c1ccc(C)c(Cl)c1)c1cccc(F)c1Cl. The Balaban J connectivity index is 2.47. The molecule has 0 saturated carbocycles. The predicted octanol–water partition coefficient (Wildman–Crippen LogP) is 5.53. The summed E-state index contributed by atoms with van der Waals surface area (Å²) in [6.07, 6.45) is 0.975. The number of hydrogen-bond acceptors (Lipinski definition) is 1. The van der Waals surface area contributed by atoms with Gasteiger partial charge in [-0.15, -0.1) is 0 Å². The van der Waals surface area contributed by atoms with Crippen LogP contribution in [0.25, 0.3) is 0 Å². The van der Waals surface area contributed by atoms with Crippen LogP contribution >= 0.6 is 23.2 Å². The first-order valence-electron chi connectivity index (χ1n) is 6.98. The minimum Gasteiger partial charge on any atom is -0.306 e. The molecule has 0 spiro atoms. The Morgan fingerprint density at radius 1 is 1.19 bits per heavy atom. The van der Waals surface area contributed by atoms with Crippen molar-refractivity contribution in [3.8, 4) is 0 Å². The Kier molecular flexibility index (Phi) is 5.63. The number of rotatable bonds is 5. The van der Waals surface area contributed by atoms with Crippen molar-refractivity contribution >= 4 is 23.2 Å². The van der Waals surface area contributed by atoms with E-state index in [1.807, 2.05) is 31.2 Å². The molecule has 21 heavy (non-hydrogen) atoms. The van der Waals surface area contributed by atoms with Crippen LogP contribution in [0, 0.1) is 12.7 Å². The summed E-state index contributed by atoms with van der Waals surface area (Å²) in [5, 5.41) is 4.26. The molecule has 4 heteroatoms. The molecule has 2 rings (SSSR count). The van der Waals surface area contributed by atoms with Crippen molar-refractivity contribution in [1.82, 2.24) is 5.32 Å². The molecular formula is C17H18Cl2FN. The molecule has 0 fully saturated rings. The zero-order valence-corrected chi connectivity index (χ0v) is 13.6. The van der Waals surface area contributed by atoms with Crippen molar-refractivity contribution in [1.29, 1.82) is 0 Å². The van der Waals surface area contributed by atoms with Crippen molar-refractivity contribution < 1.29 is 4.39 Å². The molecule has 0 bridgehead atoms. The van der Waals surface area contributed by atoms with Gasteiger partial charge in [0.25, 0.3) is 0 Å². The first kappa shape index (κ1) is 16.3. The molecule has 1 N–H and O–H groups in total. The van der Waals surface area contributed by atoms with Gasteiger partial charge in [0.15, 0.2) is 0 Å². The number of benzene rings is 2. The van der Waals surface area contributed by atoms with E-state index in [1.165, 1.54) is 6.07 Å². The standard InChI is InChI=1S/C17H18Cl2FN/c1-3-9-21-17(12-8-7-11(2)14(18)10-12)13-5-4-6-15(20)16(13)19/h4-8,10,17,21H,3,9H2,1-2H3. The highest BCUT2D eigenvalue weighted by Gasteiger charge is 2.18. The van der Waals surface area contributed by atoms with Crippen molar-refractivity contribution in [2.24, 2.45) is 0 Å². The molecular weight excluding hydrogens is 308 g/mol. The maximum absolute atomic E-state index is 13.7. The minimum absolute atomic E-state index is 0.155. The lowest BCUT2D eigenvalue weighted by Crippen LogP contribution is -2.23. The average Bonchev–Trinajstić information content (AvgIpc) is 2.47. The van der Waals surface area contributed by atoms with E-state index in [4.69, 9.17) is 23.2 Å². The number of aryl methyl sites for hydroxylation is 1. The maximum atomic E-state index is 13.7. The Bertz CT molecular complexity index is 628. The summed E-state index contributed by atoms with van der Waals surface area (Å²) in [7, 11) is 0. The molecule has 112 valence electrons. The average molecular weight is 326 g/mol. The van der Waals surface area contributed by atoms with Gasteiger partial charge < -0.3 is 5.32 Å². The van der Waals surface area contributed by atoms with Crippen LogP contribution in [0.4, 0.5) is 4.39 Å². The molecule has 0 aliphatic rings. The number of nitrogens with one attached hydrogen (secondary N) is 1. The minimum atomic E-state index is -0.407. The summed E-state index contributed by atoms with van der Waals surface area (Å²) >= 11 is 12.4. The van der Waals surface area contributed by atoms with Crippen LogP contribution in [0.2, 0.25) is 10.0 Å². The molecule has 0 heterocycles. The van der Waals surface area contributed by atoms with Crippen LogP contribution in [0.1, 0.15) is 36.1 Å². The Morgan fingerprint density at radius 3 is 2.62 bits per heavy atom. The van der Waals surface area contributed by atoms with E-state index in [0.717, 1.165) is 29.7 Å². The van der Waals surface area contributed by atoms with E-state index in [2.05, 4.69) is 12.2 Å². The van der Waals surface area contributed by atoms with Gasteiger partial charge in [-0.3, -0.25) is 0 Å². The molecule has 0 aliphatic heterocycles. The van der Waals surface area contributed by atoms with Crippen LogP contribution in [0.15, 0.2) is 36.4 Å². The zero-order chi connectivity index (χ0) is 15.4. The summed E-state index contributed by atoms with van der Waals surface area (Å²) in [5.41, 5.74) is 2.72. The summed E-state index contributed by atoms with van der Waals surface area (Å²) in [4.78, 5) is 0. The molecule has 1 unspecified atom stereocenters. The van der Waals surface area contributed by atoms with Gasteiger partial charge in [0.1, 0.15) is 5.82 Å². The molecule has 0 radical (unpaired) electrons. The largest absolute Gasteiger partial charge is 0.306 e. The van der Waals surface area contributed by atoms with Gasteiger partial charge in [-0.2, -0.15) is 0 Å². The van der Waals surface area contributed by atoms with E-state index in [1.54, 1.807) is 6.07 Å². The Hall–Kier alpha value is -1.09. The monoisotopic (exact) mass is 325 g/mol. The van der Waals surface area contributed by atoms with Crippen molar-refractivity contribution in [3.05, 3.63) is 69.0 Å². The third kappa shape index (κ3) is 3.76. The van der Waals surface area contributed by atoms with Crippen LogP contribution < -0.4 is 5.32 Å². The third-order valence-corrected chi connectivity index (χ3v) is 4.23. The van der Waals surface area contributed by atoms with E-state index in [0.29, 0.717) is 5.02 Å². The summed E-state index contributed by atoms with van der Waals surface area (Å²) in [5.74, 6) is -0.407. The van der Waals surface area contributed by atoms with E-state index in [-0.39, 0.29) is 11.1 Å². The Morgan fingerprint density at radius 2 is 1.95 bits per heavy atom. The van der Waals surface area contributed by atoms with Gasteiger partial charge in [0.2, 0.25) is 0 Å². The molecule has 1 atom stereocenters. The lowest BCUT2D eigenvalue weighted by Gasteiger charge is -2.21.